The van der Waals surface area contributed by atoms with Crippen molar-refractivity contribution in [2.24, 2.45) is 5.92 Å². The number of aliphatic hydroxyl groups excluding tert-OH is 1. The van der Waals surface area contributed by atoms with E-state index in [0.29, 0.717) is 11.0 Å². The molecule has 2 atom stereocenters. The average molecular weight is 175 g/mol. The van der Waals surface area contributed by atoms with Crippen LogP contribution in [0.4, 0.5) is 0 Å². The minimum absolute atomic E-state index is 0.412. The molecule has 0 aliphatic rings. The molecule has 0 amide bonds. The normalized spacial score (nSPS) is 17.1. The molecule has 0 heterocycles. The van der Waals surface area contributed by atoms with E-state index in [4.69, 9.17) is 0 Å². The van der Waals surface area contributed by atoms with Crippen LogP contribution in [0.15, 0.2) is 0 Å². The molecule has 72 valence electrons. The molecule has 0 fully saturated rings. The summed E-state index contributed by atoms with van der Waals surface area (Å²) in [5.41, 5.74) is 0. The van der Waals surface area contributed by atoms with E-state index < -0.39 is 18.0 Å². The number of hydrogen-bond acceptors (Lipinski definition) is 3. The first-order valence-electron chi connectivity index (χ1n) is 3.93. The summed E-state index contributed by atoms with van der Waals surface area (Å²) >= 11 is 0. The highest BCUT2D eigenvalue weighted by Crippen LogP contribution is 2.05. The molecule has 0 saturated heterocycles. The van der Waals surface area contributed by atoms with E-state index in [1.165, 1.54) is 6.92 Å². The second-order valence-electron chi connectivity index (χ2n) is 4.15. The number of carboxylic acid groups (broad SMARTS) is 1. The lowest BCUT2D eigenvalue weighted by molar-refractivity contribution is -0.874. The number of quaternary nitrogens is 1. The molecule has 0 aromatic heterocycles. The van der Waals surface area contributed by atoms with Gasteiger partial charge in [0.25, 0.3) is 0 Å². The number of aliphatic hydroxyl groups is 1. The summed E-state index contributed by atoms with van der Waals surface area (Å²) in [6, 6.07) is 0. The van der Waals surface area contributed by atoms with Gasteiger partial charge in [-0.2, -0.15) is 0 Å². The molecule has 0 aliphatic heterocycles. The van der Waals surface area contributed by atoms with Crippen molar-refractivity contribution in [3.63, 3.8) is 0 Å². The molecular weight excluding hydrogens is 158 g/mol. The number of carbonyl (C=O) groups is 1. The lowest BCUT2D eigenvalue weighted by atomic mass is 10.0. The summed E-state index contributed by atoms with van der Waals surface area (Å²) < 4.78 is 0.540. The molecule has 0 aromatic carbocycles. The van der Waals surface area contributed by atoms with Crippen molar-refractivity contribution >= 4 is 5.97 Å². The Kier molecular flexibility index (Phi) is 3.67. The zero-order chi connectivity index (χ0) is 9.94. The third-order valence-corrected chi connectivity index (χ3v) is 1.68. The van der Waals surface area contributed by atoms with Crippen LogP contribution in [0.2, 0.25) is 0 Å². The van der Waals surface area contributed by atoms with E-state index in [-0.39, 0.29) is 0 Å². The van der Waals surface area contributed by atoms with E-state index in [2.05, 4.69) is 0 Å². The Morgan fingerprint density at radius 1 is 1.50 bits per heavy atom. The summed E-state index contributed by atoms with van der Waals surface area (Å²) in [6.07, 6.45) is -0.838. The zero-order valence-electron chi connectivity index (χ0n) is 8.07. The first kappa shape index (κ1) is 11.4. The predicted molar refractivity (Wildman–Crippen MR) is 43.1 cm³/mol. The Morgan fingerprint density at radius 2 is 1.92 bits per heavy atom. The topological polar surface area (TPSA) is 60.4 Å². The largest absolute Gasteiger partial charge is 0.550 e. The molecule has 0 bridgehead atoms. The van der Waals surface area contributed by atoms with Gasteiger partial charge in [0.05, 0.1) is 21.1 Å². The predicted octanol–water partition coefficient (Wildman–Crippen LogP) is -1.56. The molecule has 0 radical (unpaired) electrons. The van der Waals surface area contributed by atoms with Crippen molar-refractivity contribution in [2.75, 3.05) is 27.7 Å². The Labute approximate surface area is 73.0 Å². The van der Waals surface area contributed by atoms with E-state index in [0.717, 1.165) is 0 Å². The number of hydrogen-bond donors (Lipinski definition) is 1. The monoisotopic (exact) mass is 175 g/mol. The van der Waals surface area contributed by atoms with Crippen molar-refractivity contribution in [1.29, 1.82) is 0 Å². The smallest absolute Gasteiger partial charge is 0.111 e. The third-order valence-electron chi connectivity index (χ3n) is 1.68. The fourth-order valence-electron chi connectivity index (χ4n) is 0.876. The van der Waals surface area contributed by atoms with Gasteiger partial charge in [-0.25, -0.2) is 0 Å². The summed E-state index contributed by atoms with van der Waals surface area (Å²) in [4.78, 5) is 10.3. The molecular formula is C8H17NO3. The Morgan fingerprint density at radius 3 is 2.17 bits per heavy atom. The highest BCUT2D eigenvalue weighted by Gasteiger charge is 2.21. The van der Waals surface area contributed by atoms with Crippen LogP contribution in [-0.2, 0) is 4.79 Å². The Bertz CT molecular complexity index is 162. The van der Waals surface area contributed by atoms with Crippen LogP contribution in [0.3, 0.4) is 0 Å². The summed E-state index contributed by atoms with van der Waals surface area (Å²) in [7, 11) is 5.68. The SMILES string of the molecule is CC(C(=O)[O-])C(O)C[N+](C)(C)C. The van der Waals surface area contributed by atoms with Crippen molar-refractivity contribution < 1.29 is 19.5 Å². The molecule has 0 saturated carbocycles. The van der Waals surface area contributed by atoms with Crippen molar-refractivity contribution in [2.45, 2.75) is 13.0 Å². The van der Waals surface area contributed by atoms with E-state index >= 15 is 0 Å². The van der Waals surface area contributed by atoms with Crippen LogP contribution in [0, 0.1) is 5.92 Å². The van der Waals surface area contributed by atoms with E-state index in [1.54, 1.807) is 0 Å². The van der Waals surface area contributed by atoms with Gasteiger partial charge in [-0.1, -0.05) is 6.92 Å². The van der Waals surface area contributed by atoms with Gasteiger partial charge in [0, 0.05) is 11.9 Å². The molecule has 0 aromatic rings. The highest BCUT2D eigenvalue weighted by molar-refractivity contribution is 5.67. The minimum atomic E-state index is -1.20. The fraction of sp³-hybridized carbons (Fsp3) is 0.875. The molecule has 4 heteroatoms. The third kappa shape index (κ3) is 4.31. The van der Waals surface area contributed by atoms with Crippen LogP contribution in [-0.4, -0.2) is 49.4 Å². The summed E-state index contributed by atoms with van der Waals surface area (Å²) in [6.45, 7) is 1.87. The molecule has 0 rings (SSSR count). The van der Waals surface area contributed by atoms with Gasteiger partial charge < -0.3 is 19.5 Å². The van der Waals surface area contributed by atoms with Gasteiger partial charge in [-0.3, -0.25) is 0 Å². The fourth-order valence-corrected chi connectivity index (χ4v) is 0.876. The van der Waals surface area contributed by atoms with Gasteiger partial charge in [0.2, 0.25) is 0 Å². The van der Waals surface area contributed by atoms with E-state index in [9.17, 15) is 15.0 Å². The second kappa shape index (κ2) is 3.87. The van der Waals surface area contributed by atoms with Crippen LogP contribution < -0.4 is 5.11 Å². The van der Waals surface area contributed by atoms with Gasteiger partial charge in [0.1, 0.15) is 12.6 Å². The maximum Gasteiger partial charge on any atom is 0.111 e. The number of carbonyl (C=O) groups excluding carboxylic acids is 1. The van der Waals surface area contributed by atoms with Gasteiger partial charge in [-0.05, 0) is 0 Å². The first-order chi connectivity index (χ1) is 5.24. The molecule has 1 N–H and O–H groups in total. The lowest BCUT2D eigenvalue weighted by Crippen LogP contribution is -2.47. The maximum atomic E-state index is 10.3. The number of carboxylic acids is 1. The molecule has 0 aliphatic carbocycles. The van der Waals surface area contributed by atoms with Crippen molar-refractivity contribution in [1.82, 2.24) is 0 Å². The number of rotatable bonds is 4. The Balaban J connectivity index is 4.04. The molecule has 0 spiro atoms. The molecule has 4 nitrogen and oxygen atoms in total. The molecule has 2 unspecified atom stereocenters. The standard InChI is InChI=1S/C8H17NO3/c1-6(8(11)12)7(10)5-9(2,3)4/h6-7,10H,5H2,1-4H3. The van der Waals surface area contributed by atoms with Gasteiger partial charge >= 0.3 is 0 Å². The average Bonchev–Trinajstić information content (AvgIpc) is 1.82. The quantitative estimate of drug-likeness (QED) is 0.526. The number of likely N-dealkylation sites (N-methyl/N-ethyl adjacent to an activating group) is 1. The van der Waals surface area contributed by atoms with Crippen molar-refractivity contribution in [3.05, 3.63) is 0 Å². The Hall–Kier alpha value is -0.610. The maximum absolute atomic E-state index is 10.3. The first-order valence-corrected chi connectivity index (χ1v) is 3.93. The zero-order valence-corrected chi connectivity index (χ0v) is 8.07. The lowest BCUT2D eigenvalue weighted by Gasteiger charge is -2.29. The minimum Gasteiger partial charge on any atom is -0.550 e. The molecule has 12 heavy (non-hydrogen) atoms. The number of aliphatic carboxylic acids is 1. The van der Waals surface area contributed by atoms with Crippen molar-refractivity contribution in [3.8, 4) is 0 Å². The second-order valence-corrected chi connectivity index (χ2v) is 4.15. The summed E-state index contributed by atoms with van der Waals surface area (Å²) in [5.74, 6) is -2.00. The van der Waals surface area contributed by atoms with Crippen LogP contribution in [0.1, 0.15) is 6.92 Å². The van der Waals surface area contributed by atoms with E-state index in [1.807, 2.05) is 21.1 Å². The highest BCUT2D eigenvalue weighted by atomic mass is 16.4. The van der Waals surface area contributed by atoms with Gasteiger partial charge in [0.15, 0.2) is 0 Å². The van der Waals surface area contributed by atoms with Crippen LogP contribution >= 0.6 is 0 Å². The van der Waals surface area contributed by atoms with Gasteiger partial charge in [-0.15, -0.1) is 0 Å². The number of nitrogens with zero attached hydrogens (tertiary/aromatic N) is 1. The summed E-state index contributed by atoms with van der Waals surface area (Å²) in [5, 5.41) is 19.7. The van der Waals surface area contributed by atoms with Crippen LogP contribution in [0.25, 0.3) is 0 Å². The van der Waals surface area contributed by atoms with Crippen LogP contribution in [0.5, 0.6) is 0 Å².